The lowest BCUT2D eigenvalue weighted by molar-refractivity contribution is 0.398. The van der Waals surface area contributed by atoms with Crippen LogP contribution in [0, 0.1) is 0 Å². The average Bonchev–Trinajstić information content (AvgIpc) is 2.71. The molecule has 2 aromatic heterocycles. The molecule has 66 valence electrons. The maximum absolute atomic E-state index is 4.91. The van der Waals surface area contributed by atoms with Gasteiger partial charge in [-0.25, -0.2) is 4.98 Å². The highest BCUT2D eigenvalue weighted by Crippen LogP contribution is 2.15. The topological polar surface area (TPSA) is 61.0 Å². The minimum atomic E-state index is 0.523. The van der Waals surface area contributed by atoms with Gasteiger partial charge in [-0.3, -0.25) is 0 Å². The highest BCUT2D eigenvalue weighted by molar-refractivity contribution is 5.52. The predicted octanol–water partition coefficient (Wildman–Crippen LogP) is 1.14. The maximum Gasteiger partial charge on any atom is 0.214 e. The van der Waals surface area contributed by atoms with Crippen molar-refractivity contribution in [2.45, 2.75) is 0 Å². The van der Waals surface area contributed by atoms with Gasteiger partial charge in [0.1, 0.15) is 0 Å². The van der Waals surface area contributed by atoms with E-state index in [9.17, 15) is 0 Å². The summed E-state index contributed by atoms with van der Waals surface area (Å²) in [4.78, 5) is 7.89. The molecule has 2 heterocycles. The molecule has 0 aromatic carbocycles. The molecule has 0 unspecified atom stereocenters. The summed E-state index contributed by atoms with van der Waals surface area (Å²) in [5, 5.41) is 3.68. The molecule has 0 saturated carbocycles. The Labute approximate surface area is 74.4 Å². The van der Waals surface area contributed by atoms with E-state index < -0.39 is 0 Å². The number of rotatable bonds is 2. The van der Waals surface area contributed by atoms with E-state index in [1.807, 2.05) is 6.07 Å². The van der Waals surface area contributed by atoms with Crippen LogP contribution in [0.3, 0.4) is 0 Å². The zero-order chi connectivity index (χ0) is 9.10. The summed E-state index contributed by atoms with van der Waals surface area (Å²) < 4.78 is 9.52. The molecule has 5 nitrogen and oxygen atoms in total. The van der Waals surface area contributed by atoms with Crippen LogP contribution < -0.4 is 4.74 Å². The van der Waals surface area contributed by atoms with Crippen molar-refractivity contribution in [3.8, 4) is 17.3 Å². The Bertz CT molecular complexity index is 369. The molecule has 0 spiro atoms. The van der Waals surface area contributed by atoms with Crippen LogP contribution in [0.4, 0.5) is 0 Å². The summed E-state index contributed by atoms with van der Waals surface area (Å²) in [5.74, 6) is 1.09. The minimum absolute atomic E-state index is 0.523. The highest BCUT2D eigenvalue weighted by atomic mass is 16.5. The van der Waals surface area contributed by atoms with Crippen molar-refractivity contribution < 1.29 is 9.26 Å². The zero-order valence-corrected chi connectivity index (χ0v) is 6.97. The van der Waals surface area contributed by atoms with Gasteiger partial charge in [0.2, 0.25) is 18.1 Å². The molecule has 2 rings (SSSR count). The maximum atomic E-state index is 4.91. The number of hydrogen-bond acceptors (Lipinski definition) is 5. The summed E-state index contributed by atoms with van der Waals surface area (Å²) in [6, 6.07) is 3.56. The van der Waals surface area contributed by atoms with Gasteiger partial charge in [0.15, 0.2) is 0 Å². The standard InChI is InChI=1S/C8H7N3O2/c1-12-7-3-2-6(4-9-7)8-10-5-13-11-8/h2-5H,1H3. The summed E-state index contributed by atoms with van der Waals surface area (Å²) in [7, 11) is 1.57. The van der Waals surface area contributed by atoms with E-state index in [0.717, 1.165) is 5.56 Å². The van der Waals surface area contributed by atoms with Crippen LogP contribution in [-0.4, -0.2) is 22.2 Å². The fourth-order valence-corrected chi connectivity index (χ4v) is 0.931. The third-order valence-electron chi connectivity index (χ3n) is 1.56. The molecule has 0 aliphatic heterocycles. The molecule has 0 aliphatic rings. The Morgan fingerprint density at radius 1 is 1.31 bits per heavy atom. The van der Waals surface area contributed by atoms with Gasteiger partial charge in [0.05, 0.1) is 7.11 Å². The third-order valence-corrected chi connectivity index (χ3v) is 1.56. The summed E-state index contributed by atoms with van der Waals surface area (Å²) >= 11 is 0. The van der Waals surface area contributed by atoms with Crippen LogP contribution in [0.25, 0.3) is 11.4 Å². The molecule has 13 heavy (non-hydrogen) atoms. The largest absolute Gasteiger partial charge is 0.481 e. The van der Waals surface area contributed by atoms with Crippen LogP contribution in [-0.2, 0) is 0 Å². The molecule has 0 aliphatic carbocycles. The molecule has 0 amide bonds. The minimum Gasteiger partial charge on any atom is -0.481 e. The fraction of sp³-hybridized carbons (Fsp3) is 0.125. The first-order valence-electron chi connectivity index (χ1n) is 3.67. The van der Waals surface area contributed by atoms with Crippen molar-refractivity contribution in [2.24, 2.45) is 0 Å². The van der Waals surface area contributed by atoms with Gasteiger partial charge in [-0.1, -0.05) is 5.16 Å². The Balaban J connectivity index is 2.33. The van der Waals surface area contributed by atoms with Crippen molar-refractivity contribution in [1.29, 1.82) is 0 Å². The molecule has 0 radical (unpaired) electrons. The molecule has 2 aromatic rings. The van der Waals surface area contributed by atoms with Crippen LogP contribution in [0.5, 0.6) is 5.88 Å². The Kier molecular flexibility index (Phi) is 1.91. The number of aromatic nitrogens is 3. The predicted molar refractivity (Wildman–Crippen MR) is 44.1 cm³/mol. The third kappa shape index (κ3) is 1.48. The second-order valence-corrected chi connectivity index (χ2v) is 2.34. The van der Waals surface area contributed by atoms with Crippen LogP contribution >= 0.6 is 0 Å². The second kappa shape index (κ2) is 3.22. The Hall–Kier alpha value is -1.91. The molecule has 5 heteroatoms. The lowest BCUT2D eigenvalue weighted by atomic mass is 10.3. The summed E-state index contributed by atoms with van der Waals surface area (Å²) in [6.07, 6.45) is 2.91. The first-order chi connectivity index (χ1) is 6.40. The lowest BCUT2D eigenvalue weighted by Gasteiger charge is -1.97. The molecular formula is C8H7N3O2. The molecule has 0 saturated heterocycles. The van der Waals surface area contributed by atoms with E-state index in [1.54, 1.807) is 19.4 Å². The number of nitrogens with zero attached hydrogens (tertiary/aromatic N) is 3. The number of methoxy groups -OCH3 is 1. The van der Waals surface area contributed by atoms with Crippen molar-refractivity contribution in [1.82, 2.24) is 15.1 Å². The van der Waals surface area contributed by atoms with E-state index in [2.05, 4.69) is 19.6 Å². The smallest absolute Gasteiger partial charge is 0.214 e. The normalized spacial score (nSPS) is 9.92. The van der Waals surface area contributed by atoms with E-state index in [4.69, 9.17) is 4.74 Å². The van der Waals surface area contributed by atoms with Crippen molar-refractivity contribution >= 4 is 0 Å². The van der Waals surface area contributed by atoms with E-state index in [1.165, 1.54) is 6.39 Å². The number of ether oxygens (including phenoxy) is 1. The summed E-state index contributed by atoms with van der Waals surface area (Å²) in [6.45, 7) is 0. The second-order valence-electron chi connectivity index (χ2n) is 2.34. The van der Waals surface area contributed by atoms with Gasteiger partial charge in [-0.15, -0.1) is 0 Å². The molecule has 0 N–H and O–H groups in total. The number of pyridine rings is 1. The molecular weight excluding hydrogens is 170 g/mol. The van der Waals surface area contributed by atoms with Crippen LogP contribution in [0.15, 0.2) is 29.2 Å². The quantitative estimate of drug-likeness (QED) is 0.688. The fourth-order valence-electron chi connectivity index (χ4n) is 0.931. The zero-order valence-electron chi connectivity index (χ0n) is 6.97. The van der Waals surface area contributed by atoms with Gasteiger partial charge >= 0.3 is 0 Å². The first kappa shape index (κ1) is 7.72. The van der Waals surface area contributed by atoms with Gasteiger partial charge < -0.3 is 9.26 Å². The van der Waals surface area contributed by atoms with Crippen molar-refractivity contribution in [3.63, 3.8) is 0 Å². The molecule has 0 atom stereocenters. The van der Waals surface area contributed by atoms with Gasteiger partial charge in [-0.2, -0.15) is 4.98 Å². The Morgan fingerprint density at radius 3 is 2.77 bits per heavy atom. The SMILES string of the molecule is COc1ccc(-c2ncon2)cn1. The number of hydrogen-bond donors (Lipinski definition) is 0. The average molecular weight is 177 g/mol. The highest BCUT2D eigenvalue weighted by Gasteiger charge is 2.02. The van der Waals surface area contributed by atoms with Crippen LogP contribution in [0.2, 0.25) is 0 Å². The molecule has 0 fully saturated rings. The van der Waals surface area contributed by atoms with Gasteiger partial charge in [0, 0.05) is 17.8 Å². The van der Waals surface area contributed by atoms with E-state index in [-0.39, 0.29) is 0 Å². The van der Waals surface area contributed by atoms with Crippen LogP contribution in [0.1, 0.15) is 0 Å². The van der Waals surface area contributed by atoms with Gasteiger partial charge in [-0.05, 0) is 6.07 Å². The van der Waals surface area contributed by atoms with Crippen molar-refractivity contribution in [3.05, 3.63) is 24.7 Å². The van der Waals surface area contributed by atoms with Crippen molar-refractivity contribution in [2.75, 3.05) is 7.11 Å². The Morgan fingerprint density at radius 2 is 2.23 bits per heavy atom. The van der Waals surface area contributed by atoms with E-state index >= 15 is 0 Å². The van der Waals surface area contributed by atoms with Gasteiger partial charge in [0.25, 0.3) is 0 Å². The van der Waals surface area contributed by atoms with E-state index in [0.29, 0.717) is 11.7 Å². The lowest BCUT2D eigenvalue weighted by Crippen LogP contribution is -1.87. The molecule has 0 bridgehead atoms. The first-order valence-corrected chi connectivity index (χ1v) is 3.67. The monoisotopic (exact) mass is 177 g/mol. The summed E-state index contributed by atoms with van der Waals surface area (Å²) in [5.41, 5.74) is 0.801.